The number of anilines is 2. The molecule has 0 aliphatic carbocycles. The number of halogens is 3. The number of hydrogen-bond acceptors (Lipinski definition) is 5. The molecule has 1 heterocycles. The molecule has 0 saturated carbocycles. The largest absolute Gasteiger partial charge is 0.494 e. The van der Waals surface area contributed by atoms with Gasteiger partial charge in [-0.1, -0.05) is 43.7 Å². The molecule has 3 rings (SSSR count). The average molecular weight is 417 g/mol. The van der Waals surface area contributed by atoms with Crippen LogP contribution in [-0.4, -0.2) is 16.6 Å². The Labute approximate surface area is 172 Å². The number of ether oxygens (including phenoxy) is 2. The second-order valence-electron chi connectivity index (χ2n) is 6.54. The molecule has 0 amide bonds. The molecule has 1 aromatic heterocycles. The van der Waals surface area contributed by atoms with Crippen LogP contribution in [0.2, 0.25) is 0 Å². The van der Waals surface area contributed by atoms with Crippen LogP contribution in [0.1, 0.15) is 30.9 Å². The molecule has 8 heteroatoms. The Bertz CT molecular complexity index is 933. The third-order valence-electron chi connectivity index (χ3n) is 4.17. The molecule has 0 aliphatic heterocycles. The van der Waals surface area contributed by atoms with Gasteiger partial charge in [0.15, 0.2) is 0 Å². The quantitative estimate of drug-likeness (QED) is 0.433. The predicted octanol–water partition coefficient (Wildman–Crippen LogP) is 6.00. The van der Waals surface area contributed by atoms with Crippen molar-refractivity contribution in [1.82, 2.24) is 9.97 Å². The van der Waals surface area contributed by atoms with Crippen LogP contribution in [0.5, 0.6) is 11.8 Å². The fourth-order valence-electron chi connectivity index (χ4n) is 2.57. The van der Waals surface area contributed by atoms with E-state index in [0.29, 0.717) is 18.0 Å². The van der Waals surface area contributed by atoms with Crippen LogP contribution in [0.25, 0.3) is 0 Å². The summed E-state index contributed by atoms with van der Waals surface area (Å²) in [5.74, 6) is 0.278. The van der Waals surface area contributed by atoms with Gasteiger partial charge in [-0.15, -0.1) is 0 Å². The highest BCUT2D eigenvalue weighted by molar-refractivity contribution is 5.60. The molecule has 2 aromatic carbocycles. The fourth-order valence-corrected chi connectivity index (χ4v) is 2.57. The molecule has 158 valence electrons. The van der Waals surface area contributed by atoms with Gasteiger partial charge in [0.2, 0.25) is 0 Å². The first-order valence-electron chi connectivity index (χ1n) is 9.56. The number of rotatable bonds is 9. The lowest BCUT2D eigenvalue weighted by Crippen LogP contribution is -2.12. The Balaban J connectivity index is 1.75. The lowest BCUT2D eigenvalue weighted by Gasteiger charge is -2.15. The van der Waals surface area contributed by atoms with Crippen molar-refractivity contribution in [2.45, 2.75) is 32.5 Å². The minimum absolute atomic E-state index is 0.145. The maximum atomic E-state index is 13.4. The predicted molar refractivity (Wildman–Crippen MR) is 108 cm³/mol. The molecule has 0 spiro atoms. The van der Waals surface area contributed by atoms with E-state index in [1.54, 1.807) is 24.3 Å². The van der Waals surface area contributed by atoms with Gasteiger partial charge in [0.25, 0.3) is 0 Å². The zero-order chi connectivity index (χ0) is 21.4. The summed E-state index contributed by atoms with van der Waals surface area (Å²) in [7, 11) is 0. The molecule has 0 unspecified atom stereocenters. The van der Waals surface area contributed by atoms with E-state index in [0.717, 1.165) is 24.6 Å². The van der Waals surface area contributed by atoms with Gasteiger partial charge in [0, 0.05) is 11.9 Å². The SMILES string of the molecule is CCCCOc1ccc(Nc2nc(OCc3ccccc3)ncc2C(F)(F)F)cc1. The van der Waals surface area contributed by atoms with Crippen molar-refractivity contribution in [2.75, 3.05) is 11.9 Å². The van der Waals surface area contributed by atoms with E-state index in [-0.39, 0.29) is 18.4 Å². The first-order chi connectivity index (χ1) is 14.5. The summed E-state index contributed by atoms with van der Waals surface area (Å²) in [6.45, 7) is 2.80. The summed E-state index contributed by atoms with van der Waals surface area (Å²) in [5, 5.41) is 2.71. The van der Waals surface area contributed by atoms with Crippen LogP contribution in [0.15, 0.2) is 60.8 Å². The lowest BCUT2D eigenvalue weighted by molar-refractivity contribution is -0.137. The summed E-state index contributed by atoms with van der Waals surface area (Å²) in [4.78, 5) is 7.64. The maximum Gasteiger partial charge on any atom is 0.421 e. The monoisotopic (exact) mass is 417 g/mol. The molecule has 3 aromatic rings. The highest BCUT2D eigenvalue weighted by atomic mass is 19.4. The van der Waals surface area contributed by atoms with Gasteiger partial charge in [-0.3, -0.25) is 0 Å². The number of nitrogens with one attached hydrogen (secondary N) is 1. The second-order valence-corrected chi connectivity index (χ2v) is 6.54. The van der Waals surface area contributed by atoms with E-state index in [9.17, 15) is 13.2 Å². The zero-order valence-corrected chi connectivity index (χ0v) is 16.4. The number of unbranched alkanes of at least 4 members (excludes halogenated alkanes) is 1. The minimum Gasteiger partial charge on any atom is -0.494 e. The van der Waals surface area contributed by atoms with Gasteiger partial charge in [-0.2, -0.15) is 18.2 Å². The molecular weight excluding hydrogens is 395 g/mol. The lowest BCUT2D eigenvalue weighted by atomic mass is 10.2. The van der Waals surface area contributed by atoms with E-state index in [2.05, 4.69) is 22.2 Å². The zero-order valence-electron chi connectivity index (χ0n) is 16.4. The summed E-state index contributed by atoms with van der Waals surface area (Å²) in [5.41, 5.74) is 0.322. The van der Waals surface area contributed by atoms with E-state index in [4.69, 9.17) is 9.47 Å². The van der Waals surface area contributed by atoms with E-state index < -0.39 is 11.7 Å². The Morgan fingerprint density at radius 3 is 2.37 bits per heavy atom. The number of benzene rings is 2. The van der Waals surface area contributed by atoms with Gasteiger partial charge in [0.1, 0.15) is 23.7 Å². The molecule has 0 aliphatic rings. The molecule has 30 heavy (non-hydrogen) atoms. The van der Waals surface area contributed by atoms with Crippen LogP contribution < -0.4 is 14.8 Å². The van der Waals surface area contributed by atoms with Crippen molar-refractivity contribution in [3.63, 3.8) is 0 Å². The van der Waals surface area contributed by atoms with E-state index in [1.165, 1.54) is 0 Å². The normalized spacial score (nSPS) is 11.2. The first-order valence-corrected chi connectivity index (χ1v) is 9.56. The van der Waals surface area contributed by atoms with E-state index in [1.807, 2.05) is 30.3 Å². The van der Waals surface area contributed by atoms with Gasteiger partial charge in [-0.05, 0) is 36.2 Å². The maximum absolute atomic E-state index is 13.4. The Morgan fingerprint density at radius 2 is 1.70 bits per heavy atom. The Kier molecular flexibility index (Phi) is 7.11. The van der Waals surface area contributed by atoms with Gasteiger partial charge >= 0.3 is 12.2 Å². The summed E-state index contributed by atoms with van der Waals surface area (Å²) < 4.78 is 51.2. The second kappa shape index (κ2) is 9.96. The van der Waals surface area contributed by atoms with E-state index >= 15 is 0 Å². The summed E-state index contributed by atoms with van der Waals surface area (Å²) >= 11 is 0. The van der Waals surface area contributed by atoms with Crippen molar-refractivity contribution < 1.29 is 22.6 Å². The van der Waals surface area contributed by atoms with Crippen molar-refractivity contribution in [1.29, 1.82) is 0 Å². The number of aromatic nitrogens is 2. The number of nitrogens with zero attached hydrogens (tertiary/aromatic N) is 2. The van der Waals surface area contributed by atoms with Crippen LogP contribution >= 0.6 is 0 Å². The number of alkyl halides is 3. The van der Waals surface area contributed by atoms with Gasteiger partial charge in [-0.25, -0.2) is 4.98 Å². The van der Waals surface area contributed by atoms with Crippen molar-refractivity contribution in [2.24, 2.45) is 0 Å². The highest BCUT2D eigenvalue weighted by Gasteiger charge is 2.35. The Hall–Kier alpha value is -3.29. The van der Waals surface area contributed by atoms with Crippen LogP contribution in [0.4, 0.5) is 24.7 Å². The first kappa shape index (κ1) is 21.4. The average Bonchev–Trinajstić information content (AvgIpc) is 2.74. The summed E-state index contributed by atoms with van der Waals surface area (Å²) in [6.07, 6.45) is -1.94. The van der Waals surface area contributed by atoms with Crippen molar-refractivity contribution in [3.05, 3.63) is 71.9 Å². The third-order valence-corrected chi connectivity index (χ3v) is 4.17. The molecule has 0 saturated heterocycles. The summed E-state index contributed by atoms with van der Waals surface area (Å²) in [6, 6.07) is 15.7. The molecule has 0 radical (unpaired) electrons. The fraction of sp³-hybridized carbons (Fsp3) is 0.273. The van der Waals surface area contributed by atoms with Gasteiger partial charge < -0.3 is 14.8 Å². The molecule has 1 N–H and O–H groups in total. The topological polar surface area (TPSA) is 56.3 Å². The molecule has 0 fully saturated rings. The van der Waals surface area contributed by atoms with Crippen molar-refractivity contribution in [3.8, 4) is 11.8 Å². The number of hydrogen-bond donors (Lipinski definition) is 1. The van der Waals surface area contributed by atoms with Crippen LogP contribution in [-0.2, 0) is 12.8 Å². The highest BCUT2D eigenvalue weighted by Crippen LogP contribution is 2.35. The smallest absolute Gasteiger partial charge is 0.421 e. The Morgan fingerprint density at radius 1 is 0.967 bits per heavy atom. The standard InChI is InChI=1S/C22H22F3N3O2/c1-2-3-13-29-18-11-9-17(10-12-18)27-20-19(22(23,24)25)14-26-21(28-20)30-15-16-7-5-4-6-8-16/h4-12,14H,2-3,13,15H2,1H3,(H,26,27,28). The van der Waals surface area contributed by atoms with Gasteiger partial charge in [0.05, 0.1) is 6.61 Å². The molecular formula is C22H22F3N3O2. The third kappa shape index (κ3) is 6.10. The van der Waals surface area contributed by atoms with Crippen LogP contribution in [0.3, 0.4) is 0 Å². The minimum atomic E-state index is -4.61. The molecule has 0 bridgehead atoms. The molecule has 0 atom stereocenters. The van der Waals surface area contributed by atoms with Crippen molar-refractivity contribution >= 4 is 11.5 Å². The molecule has 5 nitrogen and oxygen atoms in total. The van der Waals surface area contributed by atoms with Crippen LogP contribution in [0, 0.1) is 0 Å².